The number of methoxy groups -OCH3 is 1. The summed E-state index contributed by atoms with van der Waals surface area (Å²) in [6.45, 7) is 3.16. The van der Waals surface area contributed by atoms with Crippen LogP contribution in [0.2, 0.25) is 0 Å². The fourth-order valence-corrected chi connectivity index (χ4v) is 2.61. The van der Waals surface area contributed by atoms with Crippen LogP contribution in [0.1, 0.15) is 18.4 Å². The molecule has 0 unspecified atom stereocenters. The summed E-state index contributed by atoms with van der Waals surface area (Å²) in [5.41, 5.74) is 2.48. The maximum atomic E-state index is 5.18. The van der Waals surface area contributed by atoms with Gasteiger partial charge < -0.3 is 10.1 Å². The highest BCUT2D eigenvalue weighted by Gasteiger charge is 2.06. The van der Waals surface area contributed by atoms with Crippen LogP contribution in [-0.2, 0) is 0 Å². The number of nitrogens with one attached hydrogen (secondary N) is 1. The van der Waals surface area contributed by atoms with E-state index in [1.807, 2.05) is 24.3 Å². The summed E-state index contributed by atoms with van der Waals surface area (Å²) in [6.07, 6.45) is 0. The number of rotatable bonds is 5. The van der Waals surface area contributed by atoms with E-state index in [1.54, 1.807) is 7.11 Å². The predicted molar refractivity (Wildman–Crippen MR) is 93.8 cm³/mol. The third-order valence-corrected chi connectivity index (χ3v) is 4.04. The van der Waals surface area contributed by atoms with Crippen molar-refractivity contribution < 1.29 is 4.74 Å². The van der Waals surface area contributed by atoms with Crippen LogP contribution in [0.25, 0.3) is 10.8 Å². The van der Waals surface area contributed by atoms with Crippen LogP contribution in [0.15, 0.2) is 66.7 Å². The zero-order chi connectivity index (χ0) is 15.4. The minimum absolute atomic E-state index is 0.451. The van der Waals surface area contributed by atoms with Crippen molar-refractivity contribution in [3.05, 3.63) is 72.3 Å². The van der Waals surface area contributed by atoms with Crippen LogP contribution in [0.3, 0.4) is 0 Å². The van der Waals surface area contributed by atoms with Crippen molar-refractivity contribution in [1.29, 1.82) is 0 Å². The van der Waals surface area contributed by atoms with Crippen LogP contribution >= 0.6 is 0 Å². The lowest BCUT2D eigenvalue weighted by molar-refractivity contribution is 0.415. The molecule has 0 aromatic heterocycles. The second-order valence-corrected chi connectivity index (χ2v) is 5.62. The van der Waals surface area contributed by atoms with Gasteiger partial charge in [-0.1, -0.05) is 49.4 Å². The van der Waals surface area contributed by atoms with E-state index in [1.165, 1.54) is 16.3 Å². The van der Waals surface area contributed by atoms with Crippen molar-refractivity contribution in [2.75, 3.05) is 19.0 Å². The lowest BCUT2D eigenvalue weighted by atomic mass is 9.97. The van der Waals surface area contributed by atoms with Gasteiger partial charge in [0, 0.05) is 12.2 Å². The molecule has 0 aliphatic heterocycles. The van der Waals surface area contributed by atoms with Crippen molar-refractivity contribution in [2.45, 2.75) is 12.8 Å². The molecule has 0 amide bonds. The molecule has 1 N–H and O–H groups in total. The van der Waals surface area contributed by atoms with Gasteiger partial charge in [-0.25, -0.2) is 0 Å². The standard InChI is InChI=1S/C20H21NO/c1-15(14-21-19-9-11-20(22-2)12-10-19)17-8-7-16-5-3-4-6-18(16)13-17/h3-13,15,21H,14H2,1-2H3/t15-/m1/s1. The minimum Gasteiger partial charge on any atom is -0.497 e. The molecule has 3 aromatic carbocycles. The first-order valence-corrected chi connectivity index (χ1v) is 7.63. The molecule has 0 bridgehead atoms. The molecule has 0 radical (unpaired) electrons. The molecule has 0 aliphatic rings. The normalized spacial score (nSPS) is 12.1. The molecule has 0 aliphatic carbocycles. The van der Waals surface area contributed by atoms with E-state index in [-0.39, 0.29) is 0 Å². The topological polar surface area (TPSA) is 21.3 Å². The average Bonchev–Trinajstić information content (AvgIpc) is 2.59. The molecule has 2 nitrogen and oxygen atoms in total. The Morgan fingerprint density at radius 3 is 2.36 bits per heavy atom. The van der Waals surface area contributed by atoms with Crippen LogP contribution in [0, 0.1) is 0 Å². The van der Waals surface area contributed by atoms with Gasteiger partial charge >= 0.3 is 0 Å². The zero-order valence-electron chi connectivity index (χ0n) is 13.0. The number of hydrogen-bond donors (Lipinski definition) is 1. The molecule has 0 fully saturated rings. The summed E-state index contributed by atoms with van der Waals surface area (Å²) in [5, 5.41) is 6.08. The first-order valence-electron chi connectivity index (χ1n) is 7.63. The quantitative estimate of drug-likeness (QED) is 0.709. The van der Waals surface area contributed by atoms with Crippen molar-refractivity contribution in [2.24, 2.45) is 0 Å². The third kappa shape index (κ3) is 3.22. The van der Waals surface area contributed by atoms with Crippen LogP contribution < -0.4 is 10.1 Å². The Morgan fingerprint density at radius 1 is 0.909 bits per heavy atom. The van der Waals surface area contributed by atoms with Crippen molar-refractivity contribution in [1.82, 2.24) is 0 Å². The molecule has 1 atom stereocenters. The predicted octanol–water partition coefficient (Wildman–Crippen LogP) is 5.06. The van der Waals surface area contributed by atoms with Crippen molar-refractivity contribution in [3.63, 3.8) is 0 Å². The van der Waals surface area contributed by atoms with Crippen LogP contribution in [0.5, 0.6) is 5.75 Å². The van der Waals surface area contributed by atoms with Gasteiger partial charge in [-0.05, 0) is 46.5 Å². The number of benzene rings is 3. The lowest BCUT2D eigenvalue weighted by Gasteiger charge is -2.15. The van der Waals surface area contributed by atoms with Crippen molar-refractivity contribution in [3.8, 4) is 5.75 Å². The third-order valence-electron chi connectivity index (χ3n) is 4.04. The maximum Gasteiger partial charge on any atom is 0.119 e. The number of fused-ring (bicyclic) bond motifs is 1. The summed E-state index contributed by atoms with van der Waals surface area (Å²) < 4.78 is 5.18. The molecular weight excluding hydrogens is 270 g/mol. The van der Waals surface area contributed by atoms with Gasteiger partial charge in [0.15, 0.2) is 0 Å². The molecule has 112 valence electrons. The molecular formula is C20H21NO. The van der Waals surface area contributed by atoms with E-state index in [0.29, 0.717) is 5.92 Å². The molecule has 0 saturated carbocycles. The van der Waals surface area contributed by atoms with Crippen LogP contribution in [-0.4, -0.2) is 13.7 Å². The van der Waals surface area contributed by atoms with E-state index in [9.17, 15) is 0 Å². The molecule has 2 heteroatoms. The first kappa shape index (κ1) is 14.5. The van der Waals surface area contributed by atoms with E-state index in [2.05, 4.69) is 54.7 Å². The summed E-state index contributed by atoms with van der Waals surface area (Å²) in [7, 11) is 1.68. The van der Waals surface area contributed by atoms with Gasteiger partial charge in [-0.3, -0.25) is 0 Å². The number of hydrogen-bond acceptors (Lipinski definition) is 2. The van der Waals surface area contributed by atoms with Gasteiger partial charge in [0.25, 0.3) is 0 Å². The smallest absolute Gasteiger partial charge is 0.119 e. The fraction of sp³-hybridized carbons (Fsp3) is 0.200. The van der Waals surface area contributed by atoms with Gasteiger partial charge in [-0.15, -0.1) is 0 Å². The summed E-state index contributed by atoms with van der Waals surface area (Å²) in [4.78, 5) is 0. The molecule has 0 saturated heterocycles. The first-order chi connectivity index (χ1) is 10.8. The Balaban J connectivity index is 1.68. The average molecular weight is 291 g/mol. The molecule has 0 spiro atoms. The van der Waals surface area contributed by atoms with E-state index < -0.39 is 0 Å². The molecule has 3 rings (SSSR count). The molecule has 3 aromatic rings. The van der Waals surface area contributed by atoms with Gasteiger partial charge in [0.05, 0.1) is 7.11 Å². The van der Waals surface area contributed by atoms with E-state index >= 15 is 0 Å². The Morgan fingerprint density at radius 2 is 1.64 bits per heavy atom. The largest absolute Gasteiger partial charge is 0.497 e. The maximum absolute atomic E-state index is 5.18. The Labute approximate surface area is 131 Å². The highest BCUT2D eigenvalue weighted by atomic mass is 16.5. The zero-order valence-corrected chi connectivity index (χ0v) is 13.0. The summed E-state index contributed by atoms with van der Waals surface area (Å²) in [5.74, 6) is 1.33. The van der Waals surface area contributed by atoms with Crippen LogP contribution in [0.4, 0.5) is 5.69 Å². The van der Waals surface area contributed by atoms with Gasteiger partial charge in [0.2, 0.25) is 0 Å². The fourth-order valence-electron chi connectivity index (χ4n) is 2.61. The van der Waals surface area contributed by atoms with E-state index in [4.69, 9.17) is 4.74 Å². The minimum atomic E-state index is 0.451. The molecule has 0 heterocycles. The highest BCUT2D eigenvalue weighted by Crippen LogP contribution is 2.22. The summed E-state index contributed by atoms with van der Waals surface area (Å²) >= 11 is 0. The summed E-state index contributed by atoms with van der Waals surface area (Å²) in [6, 6.07) is 23.3. The highest BCUT2D eigenvalue weighted by molar-refractivity contribution is 5.83. The Bertz CT molecular complexity index is 749. The Kier molecular flexibility index (Phi) is 4.29. The number of ether oxygens (including phenoxy) is 1. The van der Waals surface area contributed by atoms with E-state index in [0.717, 1.165) is 18.0 Å². The van der Waals surface area contributed by atoms with Gasteiger partial charge in [-0.2, -0.15) is 0 Å². The second kappa shape index (κ2) is 6.52. The Hall–Kier alpha value is -2.48. The monoisotopic (exact) mass is 291 g/mol. The number of anilines is 1. The van der Waals surface area contributed by atoms with Crippen molar-refractivity contribution >= 4 is 16.5 Å². The second-order valence-electron chi connectivity index (χ2n) is 5.62. The van der Waals surface area contributed by atoms with Gasteiger partial charge in [0.1, 0.15) is 5.75 Å². The SMILES string of the molecule is COc1ccc(NC[C@@H](C)c2ccc3ccccc3c2)cc1. The molecule has 22 heavy (non-hydrogen) atoms. The lowest BCUT2D eigenvalue weighted by Crippen LogP contribution is -2.09.